The first-order chi connectivity index (χ1) is 12.4. The number of hydrogen-bond donors (Lipinski definition) is 1. The molecule has 1 atom stereocenters. The van der Waals surface area contributed by atoms with Crippen LogP contribution < -0.4 is 4.72 Å². The number of halogens is 1. The van der Waals surface area contributed by atoms with Crippen molar-refractivity contribution in [2.75, 3.05) is 19.6 Å². The number of nitrogens with one attached hydrogen (secondary N) is 1. The Morgan fingerprint density at radius 1 is 1.15 bits per heavy atom. The van der Waals surface area contributed by atoms with Crippen molar-refractivity contribution in [1.29, 1.82) is 5.26 Å². The van der Waals surface area contributed by atoms with E-state index in [1.54, 1.807) is 18.2 Å². The highest BCUT2D eigenvalue weighted by atomic mass is 35.5. The van der Waals surface area contributed by atoms with Gasteiger partial charge in [0.2, 0.25) is 10.0 Å². The Kier molecular flexibility index (Phi) is 7.18. The predicted molar refractivity (Wildman–Crippen MR) is 103 cm³/mol. The zero-order chi connectivity index (χ0) is 19.2. The van der Waals surface area contributed by atoms with Gasteiger partial charge in [0, 0.05) is 17.6 Å². The minimum atomic E-state index is -3.73. The molecule has 7 heteroatoms. The number of sulfonamides is 1. The van der Waals surface area contributed by atoms with Crippen LogP contribution in [0, 0.1) is 11.3 Å². The van der Waals surface area contributed by atoms with Crippen molar-refractivity contribution in [2.45, 2.75) is 24.8 Å². The molecule has 2 aromatic carbocycles. The molecule has 0 aliphatic carbocycles. The second-order valence-electron chi connectivity index (χ2n) is 5.75. The molecule has 5 nitrogen and oxygen atoms in total. The van der Waals surface area contributed by atoms with Gasteiger partial charge in [0.15, 0.2) is 0 Å². The smallest absolute Gasteiger partial charge is 0.240 e. The fourth-order valence-electron chi connectivity index (χ4n) is 2.85. The van der Waals surface area contributed by atoms with Gasteiger partial charge in [0.05, 0.1) is 16.5 Å². The van der Waals surface area contributed by atoms with Gasteiger partial charge in [-0.25, -0.2) is 13.1 Å². The van der Waals surface area contributed by atoms with Crippen LogP contribution in [-0.4, -0.2) is 33.0 Å². The van der Waals surface area contributed by atoms with Crippen LogP contribution in [0.25, 0.3) is 0 Å². The monoisotopic (exact) mass is 391 g/mol. The molecule has 0 bridgehead atoms. The summed E-state index contributed by atoms with van der Waals surface area (Å²) < 4.78 is 28.0. The van der Waals surface area contributed by atoms with E-state index < -0.39 is 10.0 Å². The lowest BCUT2D eigenvalue weighted by Crippen LogP contribution is -2.38. The summed E-state index contributed by atoms with van der Waals surface area (Å²) in [7, 11) is -3.73. The number of rotatable bonds is 8. The van der Waals surface area contributed by atoms with Crippen molar-refractivity contribution in [3.8, 4) is 6.07 Å². The second-order valence-corrected chi connectivity index (χ2v) is 7.92. The summed E-state index contributed by atoms with van der Waals surface area (Å²) >= 11 is 6.34. The van der Waals surface area contributed by atoms with Crippen molar-refractivity contribution in [3.63, 3.8) is 0 Å². The molecule has 138 valence electrons. The number of likely N-dealkylation sites (N-methyl/N-ethyl adjacent to an activating group) is 1. The Morgan fingerprint density at radius 3 is 2.46 bits per heavy atom. The van der Waals surface area contributed by atoms with Crippen molar-refractivity contribution in [1.82, 2.24) is 9.62 Å². The van der Waals surface area contributed by atoms with E-state index >= 15 is 0 Å². The fraction of sp³-hybridized carbons (Fsp3) is 0.316. The molecule has 1 unspecified atom stereocenters. The minimum Gasteiger partial charge on any atom is -0.296 e. The van der Waals surface area contributed by atoms with Crippen molar-refractivity contribution >= 4 is 21.6 Å². The lowest BCUT2D eigenvalue weighted by molar-refractivity contribution is 0.220. The number of nitrogens with zero attached hydrogens (tertiary/aromatic N) is 2. The van der Waals surface area contributed by atoms with E-state index in [1.807, 2.05) is 38.1 Å². The summed E-state index contributed by atoms with van der Waals surface area (Å²) in [5, 5.41) is 9.58. The zero-order valence-corrected chi connectivity index (χ0v) is 16.4. The molecule has 0 aromatic heterocycles. The maximum atomic E-state index is 12.6. The van der Waals surface area contributed by atoms with E-state index in [4.69, 9.17) is 16.9 Å². The molecule has 26 heavy (non-hydrogen) atoms. The van der Waals surface area contributed by atoms with Gasteiger partial charge < -0.3 is 0 Å². The molecule has 0 saturated heterocycles. The molecule has 2 rings (SSSR count). The Morgan fingerprint density at radius 2 is 1.85 bits per heavy atom. The molecule has 0 radical (unpaired) electrons. The molecule has 2 aromatic rings. The topological polar surface area (TPSA) is 73.2 Å². The average Bonchev–Trinajstić information content (AvgIpc) is 2.66. The molecule has 0 heterocycles. The van der Waals surface area contributed by atoms with Gasteiger partial charge in [-0.05, 0) is 42.9 Å². The van der Waals surface area contributed by atoms with Crippen molar-refractivity contribution in [2.24, 2.45) is 0 Å². The highest BCUT2D eigenvalue weighted by Crippen LogP contribution is 2.27. The van der Waals surface area contributed by atoms with E-state index in [-0.39, 0.29) is 17.5 Å². The van der Waals surface area contributed by atoms with E-state index in [2.05, 4.69) is 9.62 Å². The first-order valence-electron chi connectivity index (χ1n) is 8.41. The summed E-state index contributed by atoms with van der Waals surface area (Å²) in [5.74, 6) is 0. The summed E-state index contributed by atoms with van der Waals surface area (Å²) in [6.07, 6.45) is 0. The van der Waals surface area contributed by atoms with E-state index in [0.717, 1.165) is 18.7 Å². The number of nitriles is 1. The van der Waals surface area contributed by atoms with Gasteiger partial charge in [-0.1, -0.05) is 49.7 Å². The van der Waals surface area contributed by atoms with Gasteiger partial charge in [0.25, 0.3) is 0 Å². The molecule has 0 spiro atoms. The van der Waals surface area contributed by atoms with E-state index in [1.165, 1.54) is 12.1 Å². The van der Waals surface area contributed by atoms with Crippen LogP contribution in [0.5, 0.6) is 0 Å². The van der Waals surface area contributed by atoms with Gasteiger partial charge in [-0.2, -0.15) is 5.26 Å². The molecule has 0 amide bonds. The first kappa shape index (κ1) is 20.4. The van der Waals surface area contributed by atoms with Gasteiger partial charge in [-0.3, -0.25) is 4.90 Å². The largest absolute Gasteiger partial charge is 0.296 e. The molecule has 0 aliphatic rings. The summed E-state index contributed by atoms with van der Waals surface area (Å²) in [5.41, 5.74) is 1.19. The van der Waals surface area contributed by atoms with Crippen LogP contribution in [-0.2, 0) is 10.0 Å². The van der Waals surface area contributed by atoms with Crippen molar-refractivity contribution in [3.05, 3.63) is 64.7 Å². The van der Waals surface area contributed by atoms with Crippen LogP contribution in [0.1, 0.15) is 31.0 Å². The standard InChI is InChI=1S/C19H22ClN3O2S/c1-3-23(4-2)19(17-10-5-6-11-18(17)20)14-22-26(24,25)16-9-7-8-15(12-16)13-21/h5-12,19,22H,3-4,14H2,1-2H3. The third-order valence-corrected chi connectivity index (χ3v) is 6.02. The SMILES string of the molecule is CCN(CC)C(CNS(=O)(=O)c1cccc(C#N)c1)c1ccccc1Cl. The van der Waals surface area contributed by atoms with Crippen LogP contribution in [0.4, 0.5) is 0 Å². The maximum absolute atomic E-state index is 12.6. The lowest BCUT2D eigenvalue weighted by Gasteiger charge is -2.30. The van der Waals surface area contributed by atoms with Crippen LogP contribution in [0.15, 0.2) is 53.4 Å². The lowest BCUT2D eigenvalue weighted by atomic mass is 10.1. The first-order valence-corrected chi connectivity index (χ1v) is 10.3. The maximum Gasteiger partial charge on any atom is 0.240 e. The average molecular weight is 392 g/mol. The summed E-state index contributed by atoms with van der Waals surface area (Å²) in [4.78, 5) is 2.23. The molecule has 0 aliphatic heterocycles. The fourth-order valence-corrected chi connectivity index (χ4v) is 4.20. The molecular formula is C19H22ClN3O2S. The molecular weight excluding hydrogens is 370 g/mol. The Hall–Kier alpha value is -1.91. The molecule has 0 fully saturated rings. The second kappa shape index (κ2) is 9.15. The summed E-state index contributed by atoms with van der Waals surface area (Å²) in [6.45, 7) is 5.76. The van der Waals surface area contributed by atoms with Gasteiger partial charge in [-0.15, -0.1) is 0 Å². The van der Waals surface area contributed by atoms with E-state index in [0.29, 0.717) is 10.6 Å². The number of hydrogen-bond acceptors (Lipinski definition) is 4. The highest BCUT2D eigenvalue weighted by molar-refractivity contribution is 7.89. The van der Waals surface area contributed by atoms with Crippen LogP contribution >= 0.6 is 11.6 Å². The minimum absolute atomic E-state index is 0.0778. The molecule has 0 saturated carbocycles. The van der Waals surface area contributed by atoms with Crippen molar-refractivity contribution < 1.29 is 8.42 Å². The Bertz CT molecular complexity index is 890. The van der Waals surface area contributed by atoms with Gasteiger partial charge >= 0.3 is 0 Å². The third kappa shape index (κ3) is 4.83. The van der Waals surface area contributed by atoms with Crippen LogP contribution in [0.3, 0.4) is 0 Å². The third-order valence-electron chi connectivity index (χ3n) is 4.26. The van der Waals surface area contributed by atoms with Gasteiger partial charge in [0.1, 0.15) is 0 Å². The van der Waals surface area contributed by atoms with E-state index in [9.17, 15) is 8.42 Å². The number of benzene rings is 2. The predicted octanol–water partition coefficient (Wildman–Crippen LogP) is 3.57. The van der Waals surface area contributed by atoms with Crippen LogP contribution in [0.2, 0.25) is 5.02 Å². The normalized spacial score (nSPS) is 12.7. The quantitative estimate of drug-likeness (QED) is 0.746. The molecule has 1 N–H and O–H groups in total. The Labute approximate surface area is 160 Å². The Balaban J connectivity index is 2.29. The zero-order valence-electron chi connectivity index (χ0n) is 14.8. The highest BCUT2D eigenvalue weighted by Gasteiger charge is 2.23. The summed E-state index contributed by atoms with van der Waals surface area (Å²) in [6, 6.07) is 15.2.